The van der Waals surface area contributed by atoms with Crippen molar-refractivity contribution in [3.05, 3.63) is 30.6 Å². The van der Waals surface area contributed by atoms with Gasteiger partial charge < -0.3 is 20.1 Å². The molecule has 3 N–H and O–H groups in total. The number of rotatable bonds is 9. The Morgan fingerprint density at radius 3 is 2.36 bits per heavy atom. The molecule has 3 rings (SSSR count). The summed E-state index contributed by atoms with van der Waals surface area (Å²) in [5, 5.41) is 10.3. The molecule has 1 aromatic carbocycles. The van der Waals surface area contributed by atoms with Crippen LogP contribution >= 0.6 is 19.7 Å². The Hall–Kier alpha value is -2.31. The van der Waals surface area contributed by atoms with Gasteiger partial charge in [0.2, 0.25) is 5.95 Å². The summed E-state index contributed by atoms with van der Waals surface area (Å²) in [6.07, 6.45) is -11.7. The van der Waals surface area contributed by atoms with Crippen molar-refractivity contribution in [2.75, 3.05) is 31.0 Å². The molecule has 0 atom stereocenters. The van der Waals surface area contributed by atoms with E-state index in [2.05, 4.69) is 15.0 Å². The van der Waals surface area contributed by atoms with E-state index in [1.54, 1.807) is 18.2 Å². The number of nitrogen functional groups attached to an aromatic ring is 1. The summed E-state index contributed by atoms with van der Waals surface area (Å²) >= 11 is 1.12. The second-order valence-corrected chi connectivity index (χ2v) is 10.1. The molecule has 0 aliphatic carbocycles. The van der Waals surface area contributed by atoms with Crippen molar-refractivity contribution >= 4 is 36.8 Å². The maximum Gasteiger partial charge on any atom is 0.392 e. The second kappa shape index (κ2) is 10.3. The molecular weight excluding hydrogens is 495 g/mol. The number of nitrogens with two attached hydrogens (primary N) is 1. The van der Waals surface area contributed by atoms with Crippen LogP contribution in [0.4, 0.5) is 32.3 Å². The third kappa shape index (κ3) is 7.61. The van der Waals surface area contributed by atoms with Crippen LogP contribution in [0.25, 0.3) is 11.2 Å². The molecule has 0 saturated carbocycles. The molecule has 0 radical (unpaired) electrons. The molecule has 0 amide bonds. The molecule has 0 spiro atoms. The number of hydrogen-bond donors (Lipinski definition) is 2. The standard InChI is InChI=1S/C18H18F6N5O2PS/c19-17(20,21)7-32(8-18(22,23)24)10-31-6-5-29-9-26-13-14(29)27-16(25)28-15(13)33-12-4-2-1-3-11(12)30/h1-4,9,30H,5-8,10H2,(H2,25,27,28). The van der Waals surface area contributed by atoms with Crippen LogP contribution in [0.5, 0.6) is 5.75 Å². The number of anilines is 1. The van der Waals surface area contributed by atoms with E-state index in [1.807, 2.05) is 0 Å². The molecule has 7 nitrogen and oxygen atoms in total. The molecule has 0 saturated heterocycles. The molecule has 2 aromatic heterocycles. The lowest BCUT2D eigenvalue weighted by Gasteiger charge is -2.20. The highest BCUT2D eigenvalue weighted by Gasteiger charge is 2.38. The van der Waals surface area contributed by atoms with Gasteiger partial charge in [-0.25, -0.2) is 9.97 Å². The van der Waals surface area contributed by atoms with Crippen molar-refractivity contribution < 1.29 is 36.2 Å². The number of aromatic hydroxyl groups is 1. The molecule has 33 heavy (non-hydrogen) atoms. The van der Waals surface area contributed by atoms with Gasteiger partial charge in [0.15, 0.2) is 5.65 Å². The fourth-order valence-electron chi connectivity index (χ4n) is 2.83. The highest BCUT2D eigenvalue weighted by Crippen LogP contribution is 2.45. The smallest absolute Gasteiger partial charge is 0.392 e. The van der Waals surface area contributed by atoms with E-state index in [9.17, 15) is 31.4 Å². The van der Waals surface area contributed by atoms with Crippen molar-refractivity contribution in [3.8, 4) is 5.75 Å². The van der Waals surface area contributed by atoms with Crippen LogP contribution in [0.1, 0.15) is 0 Å². The van der Waals surface area contributed by atoms with E-state index < -0.39 is 38.9 Å². The number of aromatic nitrogens is 4. The first-order valence-corrected chi connectivity index (χ1v) is 12.0. The monoisotopic (exact) mass is 513 g/mol. The Labute approximate surface area is 189 Å². The first-order valence-electron chi connectivity index (χ1n) is 9.29. The minimum absolute atomic E-state index is 0.0369. The Bertz CT molecular complexity index is 1080. The summed E-state index contributed by atoms with van der Waals surface area (Å²) in [5.41, 5.74) is 6.46. The lowest BCUT2D eigenvalue weighted by atomic mass is 10.3. The Morgan fingerprint density at radius 1 is 1.06 bits per heavy atom. The van der Waals surface area contributed by atoms with Gasteiger partial charge in [0, 0.05) is 6.54 Å². The van der Waals surface area contributed by atoms with Gasteiger partial charge in [-0.1, -0.05) is 31.8 Å². The molecule has 0 fully saturated rings. The molecule has 0 unspecified atom stereocenters. The van der Waals surface area contributed by atoms with Gasteiger partial charge in [0.1, 0.15) is 16.3 Å². The zero-order valence-corrected chi connectivity index (χ0v) is 18.5. The number of nitrogens with zero attached hydrogens (tertiary/aromatic N) is 4. The molecular formula is C18H18F6N5O2PS. The summed E-state index contributed by atoms with van der Waals surface area (Å²) in [6.45, 7) is -0.0687. The number of fused-ring (bicyclic) bond motifs is 1. The third-order valence-corrected chi connectivity index (χ3v) is 7.28. The lowest BCUT2D eigenvalue weighted by molar-refractivity contribution is -0.112. The first-order chi connectivity index (χ1) is 15.4. The van der Waals surface area contributed by atoms with Crippen LogP contribution in [0.2, 0.25) is 0 Å². The van der Waals surface area contributed by atoms with Crippen molar-refractivity contribution in [2.24, 2.45) is 0 Å². The quantitative estimate of drug-likeness (QED) is 0.183. The van der Waals surface area contributed by atoms with Gasteiger partial charge in [-0.15, -0.1) is 0 Å². The van der Waals surface area contributed by atoms with Crippen LogP contribution in [0.3, 0.4) is 0 Å². The van der Waals surface area contributed by atoms with E-state index in [0.717, 1.165) is 11.8 Å². The van der Waals surface area contributed by atoms with Gasteiger partial charge in [0.05, 0.1) is 36.5 Å². The van der Waals surface area contributed by atoms with Crippen molar-refractivity contribution in [2.45, 2.75) is 28.8 Å². The van der Waals surface area contributed by atoms with Crippen LogP contribution in [-0.2, 0) is 11.3 Å². The van der Waals surface area contributed by atoms with Gasteiger partial charge in [0.25, 0.3) is 0 Å². The molecule has 3 aromatic rings. The topological polar surface area (TPSA) is 99.1 Å². The maximum atomic E-state index is 12.6. The average Bonchev–Trinajstić information content (AvgIpc) is 3.07. The van der Waals surface area contributed by atoms with E-state index >= 15 is 0 Å². The van der Waals surface area contributed by atoms with Gasteiger partial charge in [-0.2, -0.15) is 31.3 Å². The van der Waals surface area contributed by atoms with Gasteiger partial charge >= 0.3 is 12.4 Å². The predicted molar refractivity (Wildman–Crippen MR) is 112 cm³/mol. The fraction of sp³-hybridized carbons (Fsp3) is 0.389. The summed E-state index contributed by atoms with van der Waals surface area (Å²) in [6, 6.07) is 6.57. The number of hydrogen-bond acceptors (Lipinski definition) is 7. The number of phenolic OH excluding ortho intramolecular Hbond substituents is 1. The highest BCUT2D eigenvalue weighted by atomic mass is 32.2. The fourth-order valence-corrected chi connectivity index (χ4v) is 5.43. The normalized spacial score (nSPS) is 12.7. The number of para-hydroxylation sites is 1. The number of phenols is 1. The van der Waals surface area contributed by atoms with E-state index in [-0.39, 0.29) is 24.8 Å². The van der Waals surface area contributed by atoms with Crippen molar-refractivity contribution in [1.82, 2.24) is 19.5 Å². The Balaban J connectivity index is 1.67. The predicted octanol–water partition coefficient (Wildman–Crippen LogP) is 4.85. The number of alkyl halides is 6. The summed E-state index contributed by atoms with van der Waals surface area (Å²) in [7, 11) is -2.45. The Kier molecular flexibility index (Phi) is 7.91. The number of imidazole rings is 1. The molecule has 15 heteroatoms. The number of halogens is 6. The van der Waals surface area contributed by atoms with Crippen molar-refractivity contribution in [1.29, 1.82) is 0 Å². The largest absolute Gasteiger partial charge is 0.507 e. The summed E-state index contributed by atoms with van der Waals surface area (Å²) < 4.78 is 82.2. The molecule has 2 heterocycles. The average molecular weight is 513 g/mol. The molecule has 0 aliphatic rings. The van der Waals surface area contributed by atoms with E-state index in [1.165, 1.54) is 17.0 Å². The minimum atomic E-state index is -4.70. The van der Waals surface area contributed by atoms with Crippen LogP contribution < -0.4 is 5.73 Å². The minimum Gasteiger partial charge on any atom is -0.507 e. The van der Waals surface area contributed by atoms with Gasteiger partial charge in [-0.3, -0.25) is 0 Å². The SMILES string of the molecule is Nc1nc(Sc2ccccc2O)c2ncn(CCOCP(CC(F)(F)F)CC(F)(F)F)c2n1. The van der Waals surface area contributed by atoms with Crippen LogP contribution in [0.15, 0.2) is 40.5 Å². The second-order valence-electron chi connectivity index (χ2n) is 6.82. The molecule has 180 valence electrons. The first kappa shape index (κ1) is 25.3. The van der Waals surface area contributed by atoms with Gasteiger partial charge in [-0.05, 0) is 12.1 Å². The van der Waals surface area contributed by atoms with E-state index in [4.69, 9.17) is 10.5 Å². The molecule has 0 aliphatic heterocycles. The van der Waals surface area contributed by atoms with Crippen molar-refractivity contribution in [3.63, 3.8) is 0 Å². The van der Waals surface area contributed by atoms with Crippen LogP contribution in [-0.4, -0.2) is 62.3 Å². The zero-order chi connectivity index (χ0) is 24.2. The molecule has 0 bridgehead atoms. The number of benzene rings is 1. The summed E-state index contributed by atoms with van der Waals surface area (Å²) in [4.78, 5) is 13.0. The van der Waals surface area contributed by atoms with Crippen LogP contribution in [0, 0.1) is 0 Å². The number of ether oxygens (including phenoxy) is 1. The zero-order valence-electron chi connectivity index (χ0n) is 16.8. The maximum absolute atomic E-state index is 12.6. The third-order valence-electron chi connectivity index (χ3n) is 4.08. The van der Waals surface area contributed by atoms with E-state index in [0.29, 0.717) is 21.1 Å². The lowest BCUT2D eigenvalue weighted by Crippen LogP contribution is -2.22. The highest BCUT2D eigenvalue weighted by molar-refractivity contribution is 7.99. The summed E-state index contributed by atoms with van der Waals surface area (Å²) in [5.74, 6) is -0.0307. The Morgan fingerprint density at radius 2 is 1.73 bits per heavy atom.